The largest absolute Gasteiger partial charge is 0.350 e. The minimum absolute atomic E-state index is 0.463. The van der Waals surface area contributed by atoms with Crippen LogP contribution >= 0.6 is 0 Å². The Labute approximate surface area is 112 Å². The number of rotatable bonds is 5. The predicted molar refractivity (Wildman–Crippen MR) is 69.2 cm³/mol. The standard InChI is InChI=1S/C14H15N3O2/c1-18-14(19-2)13-12(8-15)10-17(16-13)9-11-6-4-3-5-7-11/h3-7,10,14H,9H2,1-2H3. The van der Waals surface area contributed by atoms with Crippen molar-refractivity contribution in [2.24, 2.45) is 0 Å². The molecule has 0 saturated heterocycles. The lowest BCUT2D eigenvalue weighted by Crippen LogP contribution is -2.07. The second-order valence-corrected chi connectivity index (χ2v) is 4.03. The zero-order valence-electron chi connectivity index (χ0n) is 10.9. The number of nitrogens with zero attached hydrogens (tertiary/aromatic N) is 3. The molecule has 0 aliphatic heterocycles. The fourth-order valence-corrected chi connectivity index (χ4v) is 1.87. The number of ether oxygens (including phenoxy) is 2. The van der Waals surface area contributed by atoms with E-state index in [9.17, 15) is 0 Å². The van der Waals surface area contributed by atoms with Crippen molar-refractivity contribution < 1.29 is 9.47 Å². The number of methoxy groups -OCH3 is 2. The lowest BCUT2D eigenvalue weighted by Gasteiger charge is -2.10. The molecular formula is C14H15N3O2. The van der Waals surface area contributed by atoms with E-state index in [1.165, 1.54) is 14.2 Å². The van der Waals surface area contributed by atoms with E-state index in [0.29, 0.717) is 17.8 Å². The van der Waals surface area contributed by atoms with E-state index >= 15 is 0 Å². The van der Waals surface area contributed by atoms with Gasteiger partial charge in [-0.3, -0.25) is 4.68 Å². The SMILES string of the molecule is COC(OC)c1nn(Cc2ccccc2)cc1C#N. The summed E-state index contributed by atoms with van der Waals surface area (Å²) in [6.07, 6.45) is 1.08. The summed E-state index contributed by atoms with van der Waals surface area (Å²) < 4.78 is 12.0. The van der Waals surface area contributed by atoms with Gasteiger partial charge in [0.25, 0.3) is 0 Å². The molecule has 0 amide bonds. The van der Waals surface area contributed by atoms with Crippen LogP contribution in [0.5, 0.6) is 0 Å². The first-order valence-electron chi connectivity index (χ1n) is 5.85. The van der Waals surface area contributed by atoms with Crippen LogP contribution in [0.25, 0.3) is 0 Å². The maximum Gasteiger partial charge on any atom is 0.203 e. The van der Waals surface area contributed by atoms with Gasteiger partial charge < -0.3 is 9.47 Å². The predicted octanol–water partition coefficient (Wildman–Crippen LogP) is 2.09. The highest BCUT2D eigenvalue weighted by atomic mass is 16.7. The van der Waals surface area contributed by atoms with Crippen molar-refractivity contribution in [1.29, 1.82) is 5.26 Å². The summed E-state index contributed by atoms with van der Waals surface area (Å²) in [5.74, 6) is 0. The van der Waals surface area contributed by atoms with E-state index in [1.807, 2.05) is 30.3 Å². The molecule has 98 valence electrons. The molecule has 5 heteroatoms. The van der Waals surface area contributed by atoms with E-state index in [2.05, 4.69) is 11.2 Å². The highest BCUT2D eigenvalue weighted by molar-refractivity contribution is 5.32. The van der Waals surface area contributed by atoms with Gasteiger partial charge in [-0.05, 0) is 5.56 Å². The van der Waals surface area contributed by atoms with Gasteiger partial charge in [-0.2, -0.15) is 10.4 Å². The van der Waals surface area contributed by atoms with Crippen LogP contribution in [0.4, 0.5) is 0 Å². The summed E-state index contributed by atoms with van der Waals surface area (Å²) in [7, 11) is 3.04. The number of nitriles is 1. The number of benzene rings is 1. The van der Waals surface area contributed by atoms with Crippen LogP contribution in [0.2, 0.25) is 0 Å². The molecule has 2 aromatic rings. The van der Waals surface area contributed by atoms with Gasteiger partial charge in [0, 0.05) is 20.4 Å². The number of aromatic nitrogens is 2. The number of hydrogen-bond donors (Lipinski definition) is 0. The van der Waals surface area contributed by atoms with E-state index in [-0.39, 0.29) is 0 Å². The fraction of sp³-hybridized carbons (Fsp3) is 0.286. The highest BCUT2D eigenvalue weighted by Gasteiger charge is 2.18. The molecule has 1 aromatic carbocycles. The van der Waals surface area contributed by atoms with Crippen molar-refractivity contribution in [3.05, 3.63) is 53.3 Å². The van der Waals surface area contributed by atoms with Gasteiger partial charge in [0.15, 0.2) is 0 Å². The molecule has 1 heterocycles. The van der Waals surface area contributed by atoms with Gasteiger partial charge in [0.2, 0.25) is 6.29 Å². The maximum atomic E-state index is 9.12. The third-order valence-electron chi connectivity index (χ3n) is 2.75. The van der Waals surface area contributed by atoms with E-state index in [1.54, 1.807) is 10.9 Å². The van der Waals surface area contributed by atoms with Gasteiger partial charge in [-0.15, -0.1) is 0 Å². The first-order chi connectivity index (χ1) is 9.28. The fourth-order valence-electron chi connectivity index (χ4n) is 1.87. The van der Waals surface area contributed by atoms with Gasteiger partial charge in [0.1, 0.15) is 11.8 Å². The van der Waals surface area contributed by atoms with Crippen molar-refractivity contribution in [2.75, 3.05) is 14.2 Å². The van der Waals surface area contributed by atoms with E-state index in [4.69, 9.17) is 14.7 Å². The lowest BCUT2D eigenvalue weighted by atomic mass is 10.2. The molecule has 0 atom stereocenters. The molecule has 0 bridgehead atoms. The highest BCUT2D eigenvalue weighted by Crippen LogP contribution is 2.19. The Balaban J connectivity index is 2.27. The topological polar surface area (TPSA) is 60.1 Å². The van der Waals surface area contributed by atoms with Crippen molar-refractivity contribution >= 4 is 0 Å². The Morgan fingerprint density at radius 3 is 2.53 bits per heavy atom. The average molecular weight is 257 g/mol. The Morgan fingerprint density at radius 1 is 1.26 bits per heavy atom. The first-order valence-corrected chi connectivity index (χ1v) is 5.85. The molecule has 0 aliphatic carbocycles. The van der Waals surface area contributed by atoms with Crippen LogP contribution < -0.4 is 0 Å². The van der Waals surface area contributed by atoms with Gasteiger partial charge >= 0.3 is 0 Å². The van der Waals surface area contributed by atoms with Gasteiger partial charge in [-0.25, -0.2) is 0 Å². The Morgan fingerprint density at radius 2 is 1.95 bits per heavy atom. The summed E-state index contributed by atoms with van der Waals surface area (Å²) in [5, 5.41) is 13.5. The molecule has 5 nitrogen and oxygen atoms in total. The quantitative estimate of drug-likeness (QED) is 0.769. The third-order valence-corrected chi connectivity index (χ3v) is 2.75. The molecular weight excluding hydrogens is 242 g/mol. The average Bonchev–Trinajstić information content (AvgIpc) is 2.84. The molecule has 1 aromatic heterocycles. The molecule has 0 spiro atoms. The van der Waals surface area contributed by atoms with Gasteiger partial charge in [0.05, 0.1) is 12.1 Å². The number of hydrogen-bond acceptors (Lipinski definition) is 4. The summed E-state index contributed by atoms with van der Waals surface area (Å²) >= 11 is 0. The molecule has 0 N–H and O–H groups in total. The second kappa shape index (κ2) is 6.14. The van der Waals surface area contributed by atoms with E-state index in [0.717, 1.165) is 5.56 Å². The first kappa shape index (κ1) is 13.3. The van der Waals surface area contributed by atoms with Crippen LogP contribution in [-0.2, 0) is 16.0 Å². The Bertz CT molecular complexity index is 568. The summed E-state index contributed by atoms with van der Waals surface area (Å²) in [6.45, 7) is 0.607. The normalized spacial score (nSPS) is 10.6. The van der Waals surface area contributed by atoms with Gasteiger partial charge in [-0.1, -0.05) is 30.3 Å². The Hall–Kier alpha value is -2.16. The van der Waals surface area contributed by atoms with Crippen LogP contribution in [0.1, 0.15) is 23.1 Å². The van der Waals surface area contributed by atoms with Crippen LogP contribution in [0.3, 0.4) is 0 Å². The maximum absolute atomic E-state index is 9.12. The monoisotopic (exact) mass is 257 g/mol. The minimum Gasteiger partial charge on any atom is -0.350 e. The lowest BCUT2D eigenvalue weighted by molar-refractivity contribution is -0.109. The second-order valence-electron chi connectivity index (χ2n) is 4.03. The molecule has 0 aliphatic rings. The smallest absolute Gasteiger partial charge is 0.203 e. The molecule has 0 radical (unpaired) electrons. The zero-order chi connectivity index (χ0) is 13.7. The third kappa shape index (κ3) is 2.99. The minimum atomic E-state index is -0.619. The molecule has 0 unspecified atom stereocenters. The van der Waals surface area contributed by atoms with Crippen LogP contribution in [0.15, 0.2) is 36.5 Å². The zero-order valence-corrected chi connectivity index (χ0v) is 10.9. The summed E-state index contributed by atoms with van der Waals surface area (Å²) in [5.41, 5.74) is 2.08. The van der Waals surface area contributed by atoms with Crippen LogP contribution in [-0.4, -0.2) is 24.0 Å². The van der Waals surface area contributed by atoms with E-state index < -0.39 is 6.29 Å². The molecule has 0 fully saturated rings. The molecule has 19 heavy (non-hydrogen) atoms. The summed E-state index contributed by atoms with van der Waals surface area (Å²) in [4.78, 5) is 0. The summed E-state index contributed by atoms with van der Waals surface area (Å²) in [6, 6.07) is 12.0. The van der Waals surface area contributed by atoms with Crippen molar-refractivity contribution in [3.63, 3.8) is 0 Å². The van der Waals surface area contributed by atoms with Crippen molar-refractivity contribution in [1.82, 2.24) is 9.78 Å². The molecule has 0 saturated carbocycles. The van der Waals surface area contributed by atoms with Crippen molar-refractivity contribution in [2.45, 2.75) is 12.8 Å². The van der Waals surface area contributed by atoms with Crippen molar-refractivity contribution in [3.8, 4) is 6.07 Å². The van der Waals surface area contributed by atoms with Crippen LogP contribution in [0, 0.1) is 11.3 Å². The Kier molecular flexibility index (Phi) is 4.29. The molecule has 2 rings (SSSR count).